The molecule has 3 aliphatic heterocycles. The molecule has 0 bridgehead atoms. The second kappa shape index (κ2) is 8.35. The average molecular weight is 449 g/mol. The van der Waals surface area contributed by atoms with Gasteiger partial charge in [-0.25, -0.2) is 8.42 Å². The Bertz CT molecular complexity index is 938. The Morgan fingerprint density at radius 2 is 1.55 bits per heavy atom. The van der Waals surface area contributed by atoms with Crippen molar-refractivity contribution in [2.24, 2.45) is 11.8 Å². The summed E-state index contributed by atoms with van der Waals surface area (Å²) < 4.78 is 35.4. The van der Waals surface area contributed by atoms with Gasteiger partial charge in [-0.15, -0.1) is 0 Å². The molecular formula is C25H40N2O3S. The third-order valence-corrected chi connectivity index (χ3v) is 10.0. The van der Waals surface area contributed by atoms with Crippen molar-refractivity contribution < 1.29 is 13.2 Å². The Labute approximate surface area is 189 Å². The van der Waals surface area contributed by atoms with E-state index in [2.05, 4.69) is 25.7 Å². The number of ether oxygens (including phenoxy) is 1. The monoisotopic (exact) mass is 448 g/mol. The summed E-state index contributed by atoms with van der Waals surface area (Å²) in [7, 11) is -3.50. The molecule has 0 unspecified atom stereocenters. The number of sulfonamides is 1. The predicted octanol–water partition coefficient (Wildman–Crippen LogP) is 4.46. The van der Waals surface area contributed by atoms with Crippen molar-refractivity contribution in [3.63, 3.8) is 0 Å². The molecule has 0 aliphatic carbocycles. The second-order valence-corrected chi connectivity index (χ2v) is 12.8. The molecule has 4 rings (SSSR count). The summed E-state index contributed by atoms with van der Waals surface area (Å²) in [5.74, 6) is 2.35. The van der Waals surface area contributed by atoms with Crippen molar-refractivity contribution in [2.75, 3.05) is 32.7 Å². The highest BCUT2D eigenvalue weighted by Crippen LogP contribution is 2.44. The molecule has 5 nitrogen and oxygen atoms in total. The number of hydrogen-bond acceptors (Lipinski definition) is 4. The number of piperidine rings is 2. The van der Waals surface area contributed by atoms with Gasteiger partial charge in [-0.2, -0.15) is 4.31 Å². The zero-order chi connectivity index (χ0) is 22.6. The van der Waals surface area contributed by atoms with Gasteiger partial charge < -0.3 is 9.64 Å². The van der Waals surface area contributed by atoms with Gasteiger partial charge in [0.25, 0.3) is 0 Å². The summed E-state index contributed by atoms with van der Waals surface area (Å²) >= 11 is 0. The fourth-order valence-electron chi connectivity index (χ4n) is 5.70. The maximum atomic E-state index is 13.7. The number of nitrogens with zero attached hydrogens (tertiary/aromatic N) is 2. The number of rotatable bonds is 4. The minimum Gasteiger partial charge on any atom is -0.487 e. The zero-order valence-electron chi connectivity index (χ0n) is 20.3. The Kier molecular flexibility index (Phi) is 6.21. The number of hydrogen-bond donors (Lipinski definition) is 0. The van der Waals surface area contributed by atoms with E-state index < -0.39 is 10.0 Å². The smallest absolute Gasteiger partial charge is 0.243 e. The molecule has 6 heteroatoms. The van der Waals surface area contributed by atoms with Crippen LogP contribution >= 0.6 is 0 Å². The van der Waals surface area contributed by atoms with E-state index in [1.54, 1.807) is 4.31 Å². The molecule has 0 radical (unpaired) electrons. The van der Waals surface area contributed by atoms with Crippen molar-refractivity contribution >= 4 is 10.0 Å². The van der Waals surface area contributed by atoms with Crippen molar-refractivity contribution in [3.8, 4) is 5.75 Å². The molecule has 0 atom stereocenters. The van der Waals surface area contributed by atoms with E-state index in [0.717, 1.165) is 59.7 Å². The van der Waals surface area contributed by atoms with Crippen LogP contribution in [-0.4, -0.2) is 55.9 Å². The highest BCUT2D eigenvalue weighted by molar-refractivity contribution is 7.89. The molecule has 0 N–H and O–H groups in total. The molecule has 0 saturated carbocycles. The highest BCUT2D eigenvalue weighted by atomic mass is 32.2. The van der Waals surface area contributed by atoms with Crippen LogP contribution in [0.15, 0.2) is 4.90 Å². The Morgan fingerprint density at radius 1 is 0.935 bits per heavy atom. The molecule has 3 aliphatic rings. The van der Waals surface area contributed by atoms with Gasteiger partial charge in [0.1, 0.15) is 11.4 Å². The lowest BCUT2D eigenvalue weighted by Gasteiger charge is -2.37. The third kappa shape index (κ3) is 4.40. The summed E-state index contributed by atoms with van der Waals surface area (Å²) in [6.45, 7) is 17.2. The second-order valence-electron chi connectivity index (χ2n) is 10.9. The van der Waals surface area contributed by atoms with Crippen molar-refractivity contribution in [1.82, 2.24) is 9.21 Å². The van der Waals surface area contributed by atoms with Crippen LogP contribution in [0.2, 0.25) is 0 Å². The van der Waals surface area contributed by atoms with E-state index in [1.165, 1.54) is 25.9 Å². The van der Waals surface area contributed by atoms with Crippen molar-refractivity contribution in [3.05, 3.63) is 22.3 Å². The summed E-state index contributed by atoms with van der Waals surface area (Å²) in [5, 5.41) is 0. The van der Waals surface area contributed by atoms with Crippen LogP contribution in [0.4, 0.5) is 0 Å². The van der Waals surface area contributed by atoms with E-state index >= 15 is 0 Å². The molecule has 0 spiro atoms. The Balaban J connectivity index is 1.50. The highest BCUT2D eigenvalue weighted by Gasteiger charge is 2.39. The van der Waals surface area contributed by atoms with Crippen LogP contribution in [0.3, 0.4) is 0 Å². The SMILES string of the molecule is Cc1c(C)c(S(=O)(=O)N2CCC(CN3CCC(C)CC3)CC2)c(C)c2c1OC(C)(C)C2. The number of benzene rings is 1. The molecule has 174 valence electrons. The van der Waals surface area contributed by atoms with E-state index in [1.807, 2.05) is 20.8 Å². The summed E-state index contributed by atoms with van der Waals surface area (Å²) in [5.41, 5.74) is 3.49. The number of likely N-dealkylation sites (tertiary alicyclic amines) is 1. The first kappa shape index (κ1) is 23.1. The van der Waals surface area contributed by atoms with Gasteiger partial charge >= 0.3 is 0 Å². The van der Waals surface area contributed by atoms with Crippen molar-refractivity contribution in [1.29, 1.82) is 0 Å². The van der Waals surface area contributed by atoms with Crippen LogP contribution in [0.5, 0.6) is 5.75 Å². The van der Waals surface area contributed by atoms with Gasteiger partial charge in [0.2, 0.25) is 10.0 Å². The molecule has 2 fully saturated rings. The fourth-order valence-corrected chi connectivity index (χ4v) is 7.70. The van der Waals surface area contributed by atoms with Gasteiger partial charge in [0, 0.05) is 31.6 Å². The van der Waals surface area contributed by atoms with Crippen LogP contribution in [-0.2, 0) is 16.4 Å². The number of fused-ring (bicyclic) bond motifs is 1. The predicted molar refractivity (Wildman–Crippen MR) is 125 cm³/mol. The largest absolute Gasteiger partial charge is 0.487 e. The average Bonchev–Trinajstić information content (AvgIpc) is 3.04. The first-order valence-corrected chi connectivity index (χ1v) is 13.5. The van der Waals surface area contributed by atoms with Crippen LogP contribution in [0.1, 0.15) is 68.7 Å². The maximum absolute atomic E-state index is 13.7. The molecule has 1 aromatic carbocycles. The maximum Gasteiger partial charge on any atom is 0.243 e. The van der Waals surface area contributed by atoms with Gasteiger partial charge in [-0.1, -0.05) is 6.92 Å². The van der Waals surface area contributed by atoms with E-state index in [0.29, 0.717) is 23.9 Å². The minimum atomic E-state index is -3.50. The van der Waals surface area contributed by atoms with E-state index in [9.17, 15) is 8.42 Å². The third-order valence-electron chi connectivity index (χ3n) is 7.86. The lowest BCUT2D eigenvalue weighted by molar-refractivity contribution is 0.137. The normalized spacial score (nSPS) is 23.7. The van der Waals surface area contributed by atoms with Crippen molar-refractivity contribution in [2.45, 2.75) is 84.1 Å². The molecule has 0 aromatic heterocycles. The molecular weight excluding hydrogens is 408 g/mol. The topological polar surface area (TPSA) is 49.9 Å². The Hall–Kier alpha value is -1.11. The molecule has 3 heterocycles. The van der Waals surface area contributed by atoms with Gasteiger partial charge in [0.15, 0.2) is 0 Å². The van der Waals surface area contributed by atoms with Gasteiger partial charge in [-0.3, -0.25) is 0 Å². The van der Waals surface area contributed by atoms with E-state index in [4.69, 9.17) is 4.74 Å². The first-order valence-electron chi connectivity index (χ1n) is 12.0. The molecule has 31 heavy (non-hydrogen) atoms. The summed E-state index contributed by atoms with van der Waals surface area (Å²) in [4.78, 5) is 3.11. The lowest BCUT2D eigenvalue weighted by Crippen LogP contribution is -2.43. The van der Waals surface area contributed by atoms with Crippen LogP contribution in [0, 0.1) is 32.6 Å². The fraction of sp³-hybridized carbons (Fsp3) is 0.760. The van der Waals surface area contributed by atoms with E-state index in [-0.39, 0.29) is 5.60 Å². The lowest BCUT2D eigenvalue weighted by atomic mass is 9.94. The zero-order valence-corrected chi connectivity index (χ0v) is 21.1. The van der Waals surface area contributed by atoms with Gasteiger partial charge in [0.05, 0.1) is 4.90 Å². The minimum absolute atomic E-state index is 0.280. The van der Waals surface area contributed by atoms with Crippen LogP contribution in [0.25, 0.3) is 0 Å². The summed E-state index contributed by atoms with van der Waals surface area (Å²) in [6.07, 6.45) is 5.27. The quantitative estimate of drug-likeness (QED) is 0.682. The molecule has 0 amide bonds. The molecule has 1 aromatic rings. The van der Waals surface area contributed by atoms with Crippen LogP contribution < -0.4 is 4.74 Å². The summed E-state index contributed by atoms with van der Waals surface area (Å²) in [6, 6.07) is 0. The van der Waals surface area contributed by atoms with Gasteiger partial charge in [-0.05, 0) is 102 Å². The molecule has 2 saturated heterocycles. The standard InChI is InChI=1S/C25H40N2O3S/c1-17-7-11-26(12-8-17)16-21-9-13-27(14-10-21)31(28,29)24-19(3)18(2)23-22(20(24)4)15-25(5,6)30-23/h17,21H,7-16H2,1-6H3. The Morgan fingerprint density at radius 3 is 2.16 bits per heavy atom. The first-order chi connectivity index (χ1) is 14.5.